The van der Waals surface area contributed by atoms with E-state index < -0.39 is 11.5 Å². The van der Waals surface area contributed by atoms with Crippen LogP contribution in [0, 0.1) is 6.92 Å². The van der Waals surface area contributed by atoms with Crippen LogP contribution in [-0.2, 0) is 0 Å². The van der Waals surface area contributed by atoms with Crippen LogP contribution in [0.25, 0.3) is 5.65 Å². The maximum Gasteiger partial charge on any atom is 0.270 e. The summed E-state index contributed by atoms with van der Waals surface area (Å²) in [5.74, 6) is 0.0512. The minimum absolute atomic E-state index is 0.0262. The van der Waals surface area contributed by atoms with E-state index in [1.54, 1.807) is 30.5 Å². The second kappa shape index (κ2) is 6.54. The molecule has 0 saturated carbocycles. The molecule has 0 saturated heterocycles. The van der Waals surface area contributed by atoms with Crippen LogP contribution in [0.15, 0.2) is 53.6 Å². The summed E-state index contributed by atoms with van der Waals surface area (Å²) in [7, 11) is 0. The van der Waals surface area contributed by atoms with Crippen LogP contribution >= 0.6 is 0 Å². The molecule has 122 valence electrons. The number of nitrogens with one attached hydrogen (secondary N) is 1. The molecular formula is C18H17N3O3. The lowest BCUT2D eigenvalue weighted by Gasteiger charge is -2.12. The molecule has 0 fully saturated rings. The summed E-state index contributed by atoms with van der Waals surface area (Å²) >= 11 is 0. The standard InChI is InChI=1S/C18H17N3O3/c1-3-24-15-10-12(2)7-8-14(15)20-17(22)13-11-19-16-6-4-5-9-21(16)18(13)23/h4-11H,3H2,1-2H3,(H,20,22). The van der Waals surface area contributed by atoms with E-state index in [0.717, 1.165) is 5.56 Å². The molecule has 1 N–H and O–H groups in total. The molecule has 0 spiro atoms. The van der Waals surface area contributed by atoms with E-state index in [4.69, 9.17) is 4.74 Å². The summed E-state index contributed by atoms with van der Waals surface area (Å²) in [5, 5.41) is 2.73. The van der Waals surface area contributed by atoms with Crippen LogP contribution in [-0.4, -0.2) is 21.9 Å². The van der Waals surface area contributed by atoms with E-state index in [1.807, 2.05) is 26.0 Å². The number of aryl methyl sites for hydroxylation is 1. The van der Waals surface area contributed by atoms with Gasteiger partial charge in [0, 0.05) is 12.4 Å². The molecular weight excluding hydrogens is 306 g/mol. The fourth-order valence-corrected chi connectivity index (χ4v) is 2.38. The number of hydrogen-bond acceptors (Lipinski definition) is 4. The molecule has 2 aromatic heterocycles. The lowest BCUT2D eigenvalue weighted by molar-refractivity contribution is 0.102. The Morgan fingerprint density at radius 3 is 2.92 bits per heavy atom. The number of carbonyl (C=O) groups is 1. The Morgan fingerprint density at radius 2 is 2.12 bits per heavy atom. The molecule has 0 radical (unpaired) electrons. The van der Waals surface area contributed by atoms with Crippen LogP contribution in [0.1, 0.15) is 22.8 Å². The molecule has 3 aromatic rings. The molecule has 2 heterocycles. The number of fused-ring (bicyclic) bond motifs is 1. The van der Waals surface area contributed by atoms with Gasteiger partial charge in [-0.1, -0.05) is 12.1 Å². The first-order valence-corrected chi connectivity index (χ1v) is 7.61. The molecule has 6 heteroatoms. The third kappa shape index (κ3) is 2.99. The van der Waals surface area contributed by atoms with Gasteiger partial charge in [-0.25, -0.2) is 4.98 Å². The lowest BCUT2D eigenvalue weighted by atomic mass is 10.2. The third-order valence-electron chi connectivity index (χ3n) is 3.54. The minimum Gasteiger partial charge on any atom is -0.492 e. The maximum atomic E-state index is 12.5. The predicted molar refractivity (Wildman–Crippen MR) is 91.8 cm³/mol. The van der Waals surface area contributed by atoms with Gasteiger partial charge in [0.15, 0.2) is 0 Å². The molecule has 0 unspecified atom stereocenters. The van der Waals surface area contributed by atoms with Crippen molar-refractivity contribution in [1.29, 1.82) is 0 Å². The zero-order chi connectivity index (χ0) is 17.1. The van der Waals surface area contributed by atoms with Crippen molar-refractivity contribution in [3.05, 3.63) is 70.3 Å². The van der Waals surface area contributed by atoms with E-state index >= 15 is 0 Å². The van der Waals surface area contributed by atoms with Gasteiger partial charge in [-0.3, -0.25) is 14.0 Å². The van der Waals surface area contributed by atoms with Crippen molar-refractivity contribution in [1.82, 2.24) is 9.38 Å². The largest absolute Gasteiger partial charge is 0.492 e. The van der Waals surface area contributed by atoms with E-state index in [9.17, 15) is 9.59 Å². The summed E-state index contributed by atoms with van der Waals surface area (Å²) < 4.78 is 6.88. The van der Waals surface area contributed by atoms with Crippen LogP contribution in [0.3, 0.4) is 0 Å². The molecule has 0 bridgehead atoms. The molecule has 0 aliphatic rings. The highest BCUT2D eigenvalue weighted by Gasteiger charge is 2.15. The number of rotatable bonds is 4. The Labute approximate surface area is 138 Å². The quantitative estimate of drug-likeness (QED) is 0.801. The molecule has 6 nitrogen and oxygen atoms in total. The van der Waals surface area contributed by atoms with Gasteiger partial charge in [-0.2, -0.15) is 0 Å². The number of ether oxygens (including phenoxy) is 1. The third-order valence-corrected chi connectivity index (χ3v) is 3.54. The highest BCUT2D eigenvalue weighted by molar-refractivity contribution is 6.04. The summed E-state index contributed by atoms with van der Waals surface area (Å²) in [6, 6.07) is 10.7. The van der Waals surface area contributed by atoms with Crippen LogP contribution in [0.2, 0.25) is 0 Å². The molecule has 1 amide bonds. The number of aromatic nitrogens is 2. The summed E-state index contributed by atoms with van der Waals surface area (Å²) in [4.78, 5) is 29.1. The summed E-state index contributed by atoms with van der Waals surface area (Å²) in [6.07, 6.45) is 2.88. The Hall–Kier alpha value is -3.15. The van der Waals surface area contributed by atoms with Gasteiger partial charge < -0.3 is 10.1 Å². The molecule has 0 atom stereocenters. The van der Waals surface area contributed by atoms with E-state index in [0.29, 0.717) is 23.7 Å². The first-order chi connectivity index (χ1) is 11.6. The number of anilines is 1. The zero-order valence-electron chi connectivity index (χ0n) is 13.4. The van der Waals surface area contributed by atoms with Gasteiger partial charge in [0.1, 0.15) is 17.0 Å². The predicted octanol–water partition coefficient (Wildman–Crippen LogP) is 2.65. The van der Waals surface area contributed by atoms with Gasteiger partial charge >= 0.3 is 0 Å². The fourth-order valence-electron chi connectivity index (χ4n) is 2.38. The number of pyridine rings is 1. The molecule has 0 aliphatic heterocycles. The van der Waals surface area contributed by atoms with E-state index in [2.05, 4.69) is 10.3 Å². The van der Waals surface area contributed by atoms with Crippen molar-refractivity contribution in [3.8, 4) is 5.75 Å². The van der Waals surface area contributed by atoms with Gasteiger partial charge in [-0.05, 0) is 43.7 Å². The van der Waals surface area contributed by atoms with Gasteiger partial charge in [0.25, 0.3) is 11.5 Å². The van der Waals surface area contributed by atoms with Crippen molar-refractivity contribution < 1.29 is 9.53 Å². The Balaban J connectivity index is 1.96. The van der Waals surface area contributed by atoms with Crippen molar-refractivity contribution in [2.45, 2.75) is 13.8 Å². The topological polar surface area (TPSA) is 72.7 Å². The van der Waals surface area contributed by atoms with Crippen LogP contribution in [0.4, 0.5) is 5.69 Å². The van der Waals surface area contributed by atoms with Crippen LogP contribution in [0.5, 0.6) is 5.75 Å². The molecule has 24 heavy (non-hydrogen) atoms. The molecule has 1 aromatic carbocycles. The first kappa shape index (κ1) is 15.7. The number of amides is 1. The number of carbonyl (C=O) groups excluding carboxylic acids is 1. The van der Waals surface area contributed by atoms with Crippen molar-refractivity contribution in [3.63, 3.8) is 0 Å². The number of hydrogen-bond donors (Lipinski definition) is 1. The SMILES string of the molecule is CCOc1cc(C)ccc1NC(=O)c1cnc2ccccn2c1=O. The average molecular weight is 323 g/mol. The maximum absolute atomic E-state index is 12.5. The first-order valence-electron chi connectivity index (χ1n) is 7.61. The smallest absolute Gasteiger partial charge is 0.270 e. The Morgan fingerprint density at radius 1 is 1.29 bits per heavy atom. The van der Waals surface area contributed by atoms with E-state index in [-0.39, 0.29) is 5.56 Å². The second-order valence-electron chi connectivity index (χ2n) is 5.29. The monoisotopic (exact) mass is 323 g/mol. The minimum atomic E-state index is -0.518. The number of nitrogens with zero attached hydrogens (tertiary/aromatic N) is 2. The Bertz CT molecular complexity index is 963. The van der Waals surface area contributed by atoms with Crippen molar-refractivity contribution >= 4 is 17.2 Å². The van der Waals surface area contributed by atoms with Gasteiger partial charge in [0.2, 0.25) is 0 Å². The lowest BCUT2D eigenvalue weighted by Crippen LogP contribution is -2.26. The summed E-state index contributed by atoms with van der Waals surface area (Å²) in [5.41, 5.74) is 1.59. The Kier molecular flexibility index (Phi) is 4.29. The van der Waals surface area contributed by atoms with Crippen molar-refractivity contribution in [2.75, 3.05) is 11.9 Å². The van der Waals surface area contributed by atoms with E-state index in [1.165, 1.54) is 10.6 Å². The molecule has 0 aliphatic carbocycles. The van der Waals surface area contributed by atoms with Crippen molar-refractivity contribution in [2.24, 2.45) is 0 Å². The second-order valence-corrected chi connectivity index (χ2v) is 5.29. The van der Waals surface area contributed by atoms with Gasteiger partial charge in [0.05, 0.1) is 12.3 Å². The normalized spacial score (nSPS) is 10.6. The zero-order valence-corrected chi connectivity index (χ0v) is 13.4. The highest BCUT2D eigenvalue weighted by atomic mass is 16.5. The highest BCUT2D eigenvalue weighted by Crippen LogP contribution is 2.26. The molecule has 3 rings (SSSR count). The summed E-state index contributed by atoms with van der Waals surface area (Å²) in [6.45, 7) is 4.29. The number of benzene rings is 1. The van der Waals surface area contributed by atoms with Gasteiger partial charge in [-0.15, -0.1) is 0 Å². The average Bonchev–Trinajstić information content (AvgIpc) is 2.58. The van der Waals surface area contributed by atoms with Crippen LogP contribution < -0.4 is 15.6 Å². The fraction of sp³-hybridized carbons (Fsp3) is 0.167.